The van der Waals surface area contributed by atoms with E-state index in [2.05, 4.69) is 15.3 Å². The molecule has 2 aromatic rings. The summed E-state index contributed by atoms with van der Waals surface area (Å²) in [5, 5.41) is 1.76. The second-order valence-electron chi connectivity index (χ2n) is 7.33. The van der Waals surface area contributed by atoms with Gasteiger partial charge in [-0.15, -0.1) is 0 Å². The molecule has 0 spiro atoms. The van der Waals surface area contributed by atoms with Crippen LogP contribution in [0.1, 0.15) is 5.69 Å². The molecule has 4 rings (SSSR count). The molecule has 2 aliphatic rings. The number of methoxy groups -OCH3 is 1. The summed E-state index contributed by atoms with van der Waals surface area (Å²) in [5.41, 5.74) is 0.393. The van der Waals surface area contributed by atoms with Crippen LogP contribution in [0.3, 0.4) is 0 Å². The average Bonchev–Trinajstić information content (AvgIpc) is 3.16. The molecule has 1 aromatic carbocycles. The van der Waals surface area contributed by atoms with Gasteiger partial charge in [-0.25, -0.2) is 13.4 Å². The zero-order valence-electron chi connectivity index (χ0n) is 18.3. The standard InChI is InChI=1S/C21H23N5O6S2/c1-31-11-12-32-18-14-15(13-17-19(27)24-21(28)33-17)22-20(23-18)25-7-9-26(10-8-25)34(29,30)16-5-3-2-4-6-16/h2-6,13-14H,7-12H2,1H3,(H,24,27,28)/b17-13+. The summed E-state index contributed by atoms with van der Waals surface area (Å²) >= 11 is 0.792. The van der Waals surface area contributed by atoms with E-state index in [-0.39, 0.29) is 35.4 Å². The molecular formula is C21H23N5O6S2. The summed E-state index contributed by atoms with van der Waals surface area (Å²) in [4.78, 5) is 34.7. The average molecular weight is 506 g/mol. The summed E-state index contributed by atoms with van der Waals surface area (Å²) in [6, 6.07) is 9.88. The lowest BCUT2D eigenvalue weighted by atomic mass is 10.3. The van der Waals surface area contributed by atoms with Crippen molar-refractivity contribution in [1.29, 1.82) is 0 Å². The van der Waals surface area contributed by atoms with E-state index in [1.165, 1.54) is 10.4 Å². The first-order valence-electron chi connectivity index (χ1n) is 10.4. The number of imide groups is 1. The number of hydrogen-bond donors (Lipinski definition) is 1. The van der Waals surface area contributed by atoms with E-state index in [0.717, 1.165) is 11.8 Å². The Labute approximate surface area is 201 Å². The van der Waals surface area contributed by atoms with Crippen LogP contribution < -0.4 is 15.0 Å². The van der Waals surface area contributed by atoms with Crippen molar-refractivity contribution in [2.75, 3.05) is 51.4 Å². The molecule has 13 heteroatoms. The molecule has 0 aliphatic carbocycles. The Morgan fingerprint density at radius 1 is 1.09 bits per heavy atom. The Bertz CT molecular complexity index is 1200. The molecule has 1 N–H and O–H groups in total. The number of benzene rings is 1. The second kappa shape index (κ2) is 10.5. The van der Waals surface area contributed by atoms with Gasteiger partial charge in [0.15, 0.2) is 0 Å². The molecule has 2 amide bonds. The number of amides is 2. The van der Waals surface area contributed by atoms with E-state index in [1.54, 1.807) is 43.5 Å². The summed E-state index contributed by atoms with van der Waals surface area (Å²) in [6.45, 7) is 1.89. The molecule has 0 saturated carbocycles. The van der Waals surface area contributed by atoms with Crippen LogP contribution in [0.4, 0.5) is 10.7 Å². The maximum atomic E-state index is 12.9. The normalized spacial score (nSPS) is 18.4. The molecule has 2 aliphatic heterocycles. The number of carbonyl (C=O) groups excluding carboxylic acids is 2. The Morgan fingerprint density at radius 3 is 2.47 bits per heavy atom. The fourth-order valence-electron chi connectivity index (χ4n) is 3.37. The highest BCUT2D eigenvalue weighted by molar-refractivity contribution is 8.18. The molecule has 3 heterocycles. The van der Waals surface area contributed by atoms with Crippen LogP contribution in [0, 0.1) is 0 Å². The minimum Gasteiger partial charge on any atom is -0.475 e. The van der Waals surface area contributed by atoms with E-state index in [0.29, 0.717) is 31.3 Å². The molecule has 0 bridgehead atoms. The van der Waals surface area contributed by atoms with Gasteiger partial charge in [0.1, 0.15) is 6.61 Å². The van der Waals surface area contributed by atoms with Gasteiger partial charge in [-0.05, 0) is 30.0 Å². The Morgan fingerprint density at radius 2 is 1.82 bits per heavy atom. The first kappa shape index (κ1) is 24.1. The Hall–Kier alpha value is -3.00. The van der Waals surface area contributed by atoms with Crippen LogP contribution in [0.15, 0.2) is 46.2 Å². The van der Waals surface area contributed by atoms with Crippen LogP contribution in [0.2, 0.25) is 0 Å². The molecule has 2 saturated heterocycles. The van der Waals surface area contributed by atoms with Gasteiger partial charge < -0.3 is 14.4 Å². The summed E-state index contributed by atoms with van der Waals surface area (Å²) in [7, 11) is -2.03. The van der Waals surface area contributed by atoms with Crippen molar-refractivity contribution in [2.45, 2.75) is 4.90 Å². The van der Waals surface area contributed by atoms with Crippen LogP contribution in [0.5, 0.6) is 5.88 Å². The van der Waals surface area contributed by atoms with E-state index in [4.69, 9.17) is 9.47 Å². The SMILES string of the molecule is COCCOc1cc(/C=C2/SC(=O)NC2=O)nc(N2CCN(S(=O)(=O)c3ccccc3)CC2)n1. The molecular weight excluding hydrogens is 482 g/mol. The second-order valence-corrected chi connectivity index (χ2v) is 10.3. The molecule has 2 fully saturated rings. The number of sulfonamides is 1. The lowest BCUT2D eigenvalue weighted by molar-refractivity contribution is -0.115. The van der Waals surface area contributed by atoms with Gasteiger partial charge in [-0.3, -0.25) is 14.9 Å². The van der Waals surface area contributed by atoms with Gasteiger partial charge in [0.05, 0.1) is 22.1 Å². The number of carbonyl (C=O) groups is 2. The zero-order valence-corrected chi connectivity index (χ0v) is 20.0. The quantitative estimate of drug-likeness (QED) is 0.414. The summed E-state index contributed by atoms with van der Waals surface area (Å²) in [5.74, 6) is 0.132. The van der Waals surface area contributed by atoms with E-state index >= 15 is 0 Å². The predicted octanol–water partition coefficient (Wildman–Crippen LogP) is 1.34. The van der Waals surface area contributed by atoms with Crippen LogP contribution in [-0.2, 0) is 19.6 Å². The molecule has 1 aromatic heterocycles. The van der Waals surface area contributed by atoms with Crippen molar-refractivity contribution < 1.29 is 27.5 Å². The third-order valence-electron chi connectivity index (χ3n) is 5.07. The van der Waals surface area contributed by atoms with Crippen molar-refractivity contribution in [1.82, 2.24) is 19.6 Å². The number of rotatable bonds is 8. The fraction of sp³-hybridized carbons (Fsp3) is 0.333. The molecule has 0 radical (unpaired) electrons. The van der Waals surface area contributed by atoms with Crippen LogP contribution in [-0.4, -0.2) is 80.3 Å². The lowest BCUT2D eigenvalue weighted by Crippen LogP contribution is -2.49. The largest absolute Gasteiger partial charge is 0.475 e. The fourth-order valence-corrected chi connectivity index (χ4v) is 5.48. The zero-order chi connectivity index (χ0) is 24.1. The monoisotopic (exact) mass is 505 g/mol. The van der Waals surface area contributed by atoms with E-state index < -0.39 is 21.2 Å². The number of thioether (sulfide) groups is 1. The van der Waals surface area contributed by atoms with Gasteiger partial charge in [0.25, 0.3) is 11.1 Å². The van der Waals surface area contributed by atoms with Gasteiger partial charge in [-0.1, -0.05) is 18.2 Å². The third-order valence-corrected chi connectivity index (χ3v) is 7.80. The molecule has 0 atom stereocenters. The van der Waals surface area contributed by atoms with Crippen LogP contribution >= 0.6 is 11.8 Å². The maximum absolute atomic E-state index is 12.9. The van der Waals surface area contributed by atoms with Crippen molar-refractivity contribution in [3.05, 3.63) is 47.0 Å². The minimum atomic E-state index is -3.59. The number of ether oxygens (including phenoxy) is 2. The highest BCUT2D eigenvalue weighted by Crippen LogP contribution is 2.27. The van der Waals surface area contributed by atoms with Gasteiger partial charge in [0.2, 0.25) is 21.9 Å². The van der Waals surface area contributed by atoms with Gasteiger partial charge in [0, 0.05) is 39.4 Å². The van der Waals surface area contributed by atoms with Crippen molar-refractivity contribution in [3.63, 3.8) is 0 Å². The highest BCUT2D eigenvalue weighted by atomic mass is 32.2. The lowest BCUT2D eigenvalue weighted by Gasteiger charge is -2.34. The smallest absolute Gasteiger partial charge is 0.290 e. The number of aromatic nitrogens is 2. The Kier molecular flexibility index (Phi) is 7.46. The highest BCUT2D eigenvalue weighted by Gasteiger charge is 2.30. The van der Waals surface area contributed by atoms with Crippen molar-refractivity contribution in [3.8, 4) is 5.88 Å². The summed E-state index contributed by atoms with van der Waals surface area (Å²) in [6.07, 6.45) is 1.50. The van der Waals surface area contributed by atoms with Crippen molar-refractivity contribution in [2.24, 2.45) is 0 Å². The van der Waals surface area contributed by atoms with Gasteiger partial charge >= 0.3 is 0 Å². The topological polar surface area (TPSA) is 131 Å². The molecule has 11 nitrogen and oxygen atoms in total. The maximum Gasteiger partial charge on any atom is 0.290 e. The number of nitrogens with zero attached hydrogens (tertiary/aromatic N) is 4. The minimum absolute atomic E-state index is 0.219. The van der Waals surface area contributed by atoms with E-state index in [1.807, 2.05) is 4.90 Å². The van der Waals surface area contributed by atoms with Crippen LogP contribution in [0.25, 0.3) is 6.08 Å². The first-order chi connectivity index (χ1) is 16.4. The predicted molar refractivity (Wildman–Crippen MR) is 126 cm³/mol. The number of hydrogen-bond acceptors (Lipinski definition) is 10. The third kappa shape index (κ3) is 5.55. The number of anilines is 1. The van der Waals surface area contributed by atoms with Crippen molar-refractivity contribution >= 4 is 45.0 Å². The molecule has 34 heavy (non-hydrogen) atoms. The first-order valence-corrected chi connectivity index (χ1v) is 12.7. The number of piperazine rings is 1. The number of nitrogens with one attached hydrogen (secondary N) is 1. The Balaban J connectivity index is 1.54. The van der Waals surface area contributed by atoms with Gasteiger partial charge in [-0.2, -0.15) is 9.29 Å². The summed E-state index contributed by atoms with van der Waals surface area (Å²) < 4.78 is 37.9. The molecule has 180 valence electrons. The molecule has 0 unspecified atom stereocenters. The van der Waals surface area contributed by atoms with E-state index in [9.17, 15) is 18.0 Å².